The molecular weight excluding hydrogens is 446 g/mol. The fourth-order valence-electron chi connectivity index (χ4n) is 3.82. The van der Waals surface area contributed by atoms with Crippen LogP contribution in [0.5, 0.6) is 17.2 Å². The van der Waals surface area contributed by atoms with Crippen molar-refractivity contribution >= 4 is 16.7 Å². The zero-order valence-corrected chi connectivity index (χ0v) is 19.9. The summed E-state index contributed by atoms with van der Waals surface area (Å²) >= 11 is 0. The maximum absolute atomic E-state index is 13.2. The Morgan fingerprint density at radius 1 is 0.943 bits per heavy atom. The van der Waals surface area contributed by atoms with Crippen molar-refractivity contribution < 1.29 is 19.0 Å². The number of carbonyl (C=O) groups excluding carboxylic acids is 1. The lowest BCUT2D eigenvalue weighted by Crippen LogP contribution is -2.31. The SMILES string of the molecule is CCOc1ccc(-n2nc(C(=O)NCCc3ccc(OC)c(OC)c3)c3ccccc3c2=O)cc1. The number of fused-ring (bicyclic) bond motifs is 1. The minimum atomic E-state index is -0.360. The molecule has 8 nitrogen and oxygen atoms in total. The van der Waals surface area contributed by atoms with Crippen molar-refractivity contribution in [3.63, 3.8) is 0 Å². The molecule has 0 aliphatic carbocycles. The van der Waals surface area contributed by atoms with E-state index < -0.39 is 0 Å². The van der Waals surface area contributed by atoms with E-state index in [9.17, 15) is 9.59 Å². The molecule has 1 heterocycles. The van der Waals surface area contributed by atoms with E-state index in [0.29, 0.717) is 53.3 Å². The summed E-state index contributed by atoms with van der Waals surface area (Å²) in [7, 11) is 3.17. The average molecular weight is 474 g/mol. The van der Waals surface area contributed by atoms with Crippen LogP contribution in [0.4, 0.5) is 0 Å². The summed E-state index contributed by atoms with van der Waals surface area (Å²) in [4.78, 5) is 26.3. The molecule has 1 N–H and O–H groups in total. The molecule has 4 rings (SSSR count). The standard InChI is InChI=1S/C27H27N3O5/c1-4-35-20-12-10-19(11-13-20)30-27(32)22-8-6-5-7-21(22)25(29-30)26(31)28-16-15-18-9-14-23(33-2)24(17-18)34-3/h5-14,17H,4,15-16H2,1-3H3,(H,28,31). The number of hydrogen-bond acceptors (Lipinski definition) is 6. The summed E-state index contributed by atoms with van der Waals surface area (Å²) in [6, 6.07) is 19.6. The Labute approximate surface area is 203 Å². The molecule has 0 aliphatic heterocycles. The van der Waals surface area contributed by atoms with Crippen molar-refractivity contribution in [2.45, 2.75) is 13.3 Å². The maximum atomic E-state index is 13.2. The molecule has 0 saturated carbocycles. The molecule has 0 unspecified atom stereocenters. The van der Waals surface area contributed by atoms with Crippen LogP contribution in [0.1, 0.15) is 23.0 Å². The second kappa shape index (κ2) is 10.7. The van der Waals surface area contributed by atoms with Gasteiger partial charge >= 0.3 is 0 Å². The second-order valence-electron chi connectivity index (χ2n) is 7.73. The first-order valence-corrected chi connectivity index (χ1v) is 11.3. The molecule has 1 aromatic heterocycles. The van der Waals surface area contributed by atoms with Crippen LogP contribution in [0.2, 0.25) is 0 Å². The predicted molar refractivity (Wildman–Crippen MR) is 134 cm³/mol. The molecule has 35 heavy (non-hydrogen) atoms. The molecule has 8 heteroatoms. The highest BCUT2D eigenvalue weighted by atomic mass is 16.5. The Hall–Kier alpha value is -4.33. The number of aromatic nitrogens is 2. The van der Waals surface area contributed by atoms with Crippen LogP contribution in [0.25, 0.3) is 16.5 Å². The van der Waals surface area contributed by atoms with Crippen LogP contribution in [-0.4, -0.2) is 43.1 Å². The molecule has 0 spiro atoms. The Balaban J connectivity index is 1.60. The summed E-state index contributed by atoms with van der Waals surface area (Å²) in [5.41, 5.74) is 1.41. The topological polar surface area (TPSA) is 91.7 Å². The van der Waals surface area contributed by atoms with E-state index in [2.05, 4.69) is 10.4 Å². The Morgan fingerprint density at radius 3 is 2.34 bits per heavy atom. The fraction of sp³-hybridized carbons (Fsp3) is 0.222. The summed E-state index contributed by atoms with van der Waals surface area (Å²) in [6.45, 7) is 2.83. The van der Waals surface area contributed by atoms with Crippen molar-refractivity contribution in [2.24, 2.45) is 0 Å². The summed E-state index contributed by atoms with van der Waals surface area (Å²) in [5, 5.41) is 8.28. The molecule has 0 bridgehead atoms. The molecule has 180 valence electrons. The van der Waals surface area contributed by atoms with Gasteiger partial charge in [-0.15, -0.1) is 0 Å². The average Bonchev–Trinajstić information content (AvgIpc) is 2.89. The van der Waals surface area contributed by atoms with Gasteiger partial charge in [0.1, 0.15) is 5.75 Å². The predicted octanol–water partition coefficient (Wildman–Crippen LogP) is 3.77. The minimum Gasteiger partial charge on any atom is -0.494 e. The summed E-state index contributed by atoms with van der Waals surface area (Å²) < 4.78 is 17.3. The highest BCUT2D eigenvalue weighted by Gasteiger charge is 2.17. The lowest BCUT2D eigenvalue weighted by Gasteiger charge is -2.12. The third kappa shape index (κ3) is 5.11. The first-order chi connectivity index (χ1) is 17.0. The van der Waals surface area contributed by atoms with Crippen LogP contribution >= 0.6 is 0 Å². The number of nitrogens with zero attached hydrogens (tertiary/aromatic N) is 2. The van der Waals surface area contributed by atoms with Gasteiger partial charge in [-0.1, -0.05) is 24.3 Å². The Kier molecular flexibility index (Phi) is 7.30. The van der Waals surface area contributed by atoms with Crippen LogP contribution in [0.3, 0.4) is 0 Å². The normalized spacial score (nSPS) is 10.7. The van der Waals surface area contributed by atoms with Gasteiger partial charge in [0.25, 0.3) is 11.5 Å². The third-order valence-electron chi connectivity index (χ3n) is 5.56. The van der Waals surface area contributed by atoms with Gasteiger partial charge in [0.2, 0.25) is 0 Å². The van der Waals surface area contributed by atoms with Crippen molar-refractivity contribution in [3.05, 3.63) is 88.3 Å². The van der Waals surface area contributed by atoms with Crippen LogP contribution in [-0.2, 0) is 6.42 Å². The molecule has 0 radical (unpaired) electrons. The quantitative estimate of drug-likeness (QED) is 0.398. The van der Waals surface area contributed by atoms with Crippen molar-refractivity contribution in [1.29, 1.82) is 0 Å². The third-order valence-corrected chi connectivity index (χ3v) is 5.56. The minimum absolute atomic E-state index is 0.182. The van der Waals surface area contributed by atoms with Gasteiger partial charge in [0.15, 0.2) is 17.2 Å². The molecule has 0 fully saturated rings. The second-order valence-corrected chi connectivity index (χ2v) is 7.73. The van der Waals surface area contributed by atoms with E-state index in [4.69, 9.17) is 14.2 Å². The van der Waals surface area contributed by atoms with Gasteiger partial charge in [-0.3, -0.25) is 9.59 Å². The smallest absolute Gasteiger partial charge is 0.279 e. The number of benzene rings is 3. The van der Waals surface area contributed by atoms with E-state index >= 15 is 0 Å². The van der Waals surface area contributed by atoms with E-state index in [0.717, 1.165) is 5.56 Å². The van der Waals surface area contributed by atoms with Gasteiger partial charge in [-0.25, -0.2) is 0 Å². The Bertz CT molecular complexity index is 1400. The van der Waals surface area contributed by atoms with Crippen LogP contribution < -0.4 is 25.1 Å². The number of rotatable bonds is 9. The maximum Gasteiger partial charge on any atom is 0.279 e. The molecular formula is C27H27N3O5. The number of amides is 1. The number of nitrogens with one attached hydrogen (secondary N) is 1. The zero-order valence-electron chi connectivity index (χ0n) is 19.9. The van der Waals surface area contributed by atoms with Gasteiger partial charge in [0, 0.05) is 11.9 Å². The number of ether oxygens (including phenoxy) is 3. The highest BCUT2D eigenvalue weighted by Crippen LogP contribution is 2.27. The van der Waals surface area contributed by atoms with E-state index in [1.807, 2.05) is 25.1 Å². The molecule has 0 aliphatic rings. The van der Waals surface area contributed by atoms with Crippen molar-refractivity contribution in [2.75, 3.05) is 27.4 Å². The van der Waals surface area contributed by atoms with Gasteiger partial charge in [-0.05, 0) is 61.4 Å². The first kappa shape index (κ1) is 23.8. The molecule has 1 amide bonds. The van der Waals surface area contributed by atoms with Gasteiger partial charge in [0.05, 0.1) is 31.9 Å². The Morgan fingerprint density at radius 2 is 1.66 bits per heavy atom. The van der Waals surface area contributed by atoms with Crippen molar-refractivity contribution in [1.82, 2.24) is 15.1 Å². The number of hydrogen-bond donors (Lipinski definition) is 1. The van der Waals surface area contributed by atoms with Crippen LogP contribution in [0.15, 0.2) is 71.5 Å². The van der Waals surface area contributed by atoms with Gasteiger partial charge in [-0.2, -0.15) is 9.78 Å². The first-order valence-electron chi connectivity index (χ1n) is 11.3. The van der Waals surface area contributed by atoms with E-state index in [1.165, 1.54) is 4.68 Å². The van der Waals surface area contributed by atoms with Gasteiger partial charge < -0.3 is 19.5 Å². The monoisotopic (exact) mass is 473 g/mol. The zero-order chi connectivity index (χ0) is 24.8. The molecule has 0 saturated heterocycles. The lowest BCUT2D eigenvalue weighted by atomic mass is 10.1. The number of carbonyl (C=O) groups is 1. The van der Waals surface area contributed by atoms with E-state index in [-0.39, 0.29) is 17.2 Å². The molecule has 0 atom stereocenters. The lowest BCUT2D eigenvalue weighted by molar-refractivity contribution is 0.0949. The summed E-state index contributed by atoms with van der Waals surface area (Å²) in [5.74, 6) is 1.61. The molecule has 4 aromatic rings. The van der Waals surface area contributed by atoms with Crippen molar-refractivity contribution in [3.8, 4) is 22.9 Å². The largest absolute Gasteiger partial charge is 0.494 e. The summed E-state index contributed by atoms with van der Waals surface area (Å²) in [6.07, 6.45) is 0.586. The van der Waals surface area contributed by atoms with E-state index in [1.54, 1.807) is 62.8 Å². The fourth-order valence-corrected chi connectivity index (χ4v) is 3.82. The van der Waals surface area contributed by atoms with Crippen LogP contribution in [0, 0.1) is 0 Å². The number of methoxy groups -OCH3 is 2. The molecule has 3 aromatic carbocycles. The highest BCUT2D eigenvalue weighted by molar-refractivity contribution is 6.04.